The van der Waals surface area contributed by atoms with Gasteiger partial charge in [-0.15, -0.1) is 0 Å². The lowest BCUT2D eigenvalue weighted by molar-refractivity contribution is -0.142. The van der Waals surface area contributed by atoms with Crippen molar-refractivity contribution in [3.05, 3.63) is 60.2 Å². The van der Waals surface area contributed by atoms with E-state index in [2.05, 4.69) is 29.2 Å². The van der Waals surface area contributed by atoms with Crippen LogP contribution in [0.15, 0.2) is 54.6 Å². The van der Waals surface area contributed by atoms with Gasteiger partial charge in [0, 0.05) is 18.7 Å². The molecule has 0 aliphatic carbocycles. The summed E-state index contributed by atoms with van der Waals surface area (Å²) in [4.78, 5) is 12.7. The van der Waals surface area contributed by atoms with Crippen molar-refractivity contribution in [2.75, 3.05) is 31.2 Å². The molecule has 5 heteroatoms. The zero-order valence-corrected chi connectivity index (χ0v) is 14.1. The Hall–Kier alpha value is -2.53. The maximum atomic E-state index is 10.4. The van der Waals surface area contributed by atoms with Gasteiger partial charge in [0.05, 0.1) is 13.2 Å². The maximum Gasteiger partial charge on any atom is 0.329 e. The first kappa shape index (κ1) is 17.3. The molecule has 1 saturated heterocycles. The molecule has 0 saturated carbocycles. The van der Waals surface area contributed by atoms with E-state index in [1.807, 2.05) is 30.3 Å². The second kappa shape index (κ2) is 8.53. The number of anilines is 1. The fourth-order valence-corrected chi connectivity index (χ4v) is 2.97. The number of benzene rings is 2. The Morgan fingerprint density at radius 3 is 2.60 bits per heavy atom. The first-order chi connectivity index (χ1) is 12.2. The third-order valence-electron chi connectivity index (χ3n) is 4.25. The molecule has 2 aromatic rings. The number of carboxylic acids is 1. The van der Waals surface area contributed by atoms with Crippen molar-refractivity contribution < 1.29 is 19.4 Å². The average Bonchev–Trinajstić information content (AvgIpc) is 3.08. The van der Waals surface area contributed by atoms with Crippen LogP contribution in [-0.4, -0.2) is 43.5 Å². The number of carboxylic acid groups (broad SMARTS) is 1. The molecule has 3 rings (SSSR count). The summed E-state index contributed by atoms with van der Waals surface area (Å²) in [6.07, 6.45) is 1.94. The van der Waals surface area contributed by atoms with Gasteiger partial charge >= 0.3 is 5.97 Å². The number of rotatable bonds is 8. The zero-order chi connectivity index (χ0) is 17.5. The second-order valence-corrected chi connectivity index (χ2v) is 6.15. The van der Waals surface area contributed by atoms with Crippen molar-refractivity contribution in [1.82, 2.24) is 0 Å². The highest BCUT2D eigenvalue weighted by atomic mass is 16.5. The van der Waals surface area contributed by atoms with Crippen LogP contribution >= 0.6 is 0 Å². The van der Waals surface area contributed by atoms with Gasteiger partial charge in [-0.2, -0.15) is 0 Å². The molecule has 1 aliphatic rings. The molecule has 0 aromatic heterocycles. The van der Waals surface area contributed by atoms with Crippen LogP contribution in [0.1, 0.15) is 12.0 Å². The lowest BCUT2D eigenvalue weighted by atomic mass is 10.1. The van der Waals surface area contributed by atoms with E-state index in [4.69, 9.17) is 14.6 Å². The molecule has 1 heterocycles. The number of hydrogen-bond donors (Lipinski definition) is 1. The van der Waals surface area contributed by atoms with Crippen molar-refractivity contribution in [3.8, 4) is 5.75 Å². The zero-order valence-electron chi connectivity index (χ0n) is 14.1. The molecule has 0 amide bonds. The highest BCUT2D eigenvalue weighted by Gasteiger charge is 2.24. The van der Waals surface area contributed by atoms with Gasteiger partial charge in [-0.05, 0) is 36.2 Å². The quantitative estimate of drug-likeness (QED) is 0.748. The SMILES string of the molecule is O=C(O)COCCc1ccc(N2CCC(Oc3ccccc3)C2)cc1. The number of carbonyl (C=O) groups is 1. The standard InChI is InChI=1S/C20H23NO4/c22-20(23)15-24-13-11-16-6-8-17(9-7-16)21-12-10-19(14-21)25-18-4-2-1-3-5-18/h1-9,19H,10-15H2,(H,22,23). The van der Waals surface area contributed by atoms with Gasteiger partial charge < -0.3 is 19.5 Å². The van der Waals surface area contributed by atoms with E-state index >= 15 is 0 Å². The van der Waals surface area contributed by atoms with Gasteiger partial charge in [0.15, 0.2) is 0 Å². The lowest BCUT2D eigenvalue weighted by Crippen LogP contribution is -2.24. The van der Waals surface area contributed by atoms with Crippen molar-refractivity contribution >= 4 is 11.7 Å². The summed E-state index contributed by atoms with van der Waals surface area (Å²) in [5.74, 6) is -0.0114. The number of para-hydroxylation sites is 1. The highest BCUT2D eigenvalue weighted by Crippen LogP contribution is 2.24. The van der Waals surface area contributed by atoms with Crippen molar-refractivity contribution in [2.24, 2.45) is 0 Å². The molecule has 1 atom stereocenters. The molecule has 0 spiro atoms. The van der Waals surface area contributed by atoms with E-state index in [1.54, 1.807) is 0 Å². The molecule has 0 bridgehead atoms. The Bertz CT molecular complexity index is 672. The monoisotopic (exact) mass is 341 g/mol. The Labute approximate surface area is 147 Å². The molecular formula is C20H23NO4. The van der Waals surface area contributed by atoms with E-state index in [-0.39, 0.29) is 12.7 Å². The summed E-state index contributed by atoms with van der Waals surface area (Å²) in [7, 11) is 0. The van der Waals surface area contributed by atoms with Gasteiger partial charge in [0.1, 0.15) is 18.5 Å². The van der Waals surface area contributed by atoms with Gasteiger partial charge in [0.25, 0.3) is 0 Å². The summed E-state index contributed by atoms with van der Waals surface area (Å²) >= 11 is 0. The summed E-state index contributed by atoms with van der Waals surface area (Å²) in [6.45, 7) is 2.05. The second-order valence-electron chi connectivity index (χ2n) is 6.15. The minimum atomic E-state index is -0.934. The van der Waals surface area contributed by atoms with Crippen molar-refractivity contribution in [1.29, 1.82) is 0 Å². The largest absolute Gasteiger partial charge is 0.489 e. The highest BCUT2D eigenvalue weighted by molar-refractivity contribution is 5.67. The Morgan fingerprint density at radius 1 is 1.12 bits per heavy atom. The molecule has 5 nitrogen and oxygen atoms in total. The molecule has 1 fully saturated rings. The van der Waals surface area contributed by atoms with Crippen LogP contribution in [0, 0.1) is 0 Å². The minimum absolute atomic E-state index is 0.214. The van der Waals surface area contributed by atoms with E-state index < -0.39 is 5.97 Å². The van der Waals surface area contributed by atoms with Crippen LogP contribution in [0.4, 0.5) is 5.69 Å². The maximum absolute atomic E-state index is 10.4. The predicted octanol–water partition coefficient (Wildman–Crippen LogP) is 2.99. The molecule has 1 unspecified atom stereocenters. The summed E-state index contributed by atoms with van der Waals surface area (Å²) in [6, 6.07) is 18.3. The Kier molecular flexibility index (Phi) is 5.90. The van der Waals surface area contributed by atoms with Crippen LogP contribution in [0.2, 0.25) is 0 Å². The van der Waals surface area contributed by atoms with Crippen LogP contribution in [0.25, 0.3) is 0 Å². The van der Waals surface area contributed by atoms with Gasteiger partial charge in [0.2, 0.25) is 0 Å². The summed E-state index contributed by atoms with van der Waals surface area (Å²) < 4.78 is 11.1. The van der Waals surface area contributed by atoms with E-state index in [0.29, 0.717) is 13.0 Å². The summed E-state index contributed by atoms with van der Waals surface area (Å²) in [5, 5.41) is 8.54. The Morgan fingerprint density at radius 2 is 1.88 bits per heavy atom. The topological polar surface area (TPSA) is 59.0 Å². The van der Waals surface area contributed by atoms with E-state index in [9.17, 15) is 4.79 Å². The fourth-order valence-electron chi connectivity index (χ4n) is 2.97. The molecule has 1 aliphatic heterocycles. The third-order valence-corrected chi connectivity index (χ3v) is 4.25. The van der Waals surface area contributed by atoms with Gasteiger partial charge in [-0.1, -0.05) is 30.3 Å². The van der Waals surface area contributed by atoms with Crippen LogP contribution < -0.4 is 9.64 Å². The van der Waals surface area contributed by atoms with Crippen molar-refractivity contribution in [3.63, 3.8) is 0 Å². The van der Waals surface area contributed by atoms with Crippen LogP contribution in [0.3, 0.4) is 0 Å². The Balaban J connectivity index is 1.47. The molecule has 1 N–H and O–H groups in total. The first-order valence-corrected chi connectivity index (χ1v) is 8.56. The van der Waals surface area contributed by atoms with Crippen molar-refractivity contribution in [2.45, 2.75) is 18.9 Å². The number of aliphatic carboxylic acids is 1. The number of nitrogens with zero attached hydrogens (tertiary/aromatic N) is 1. The van der Waals surface area contributed by atoms with Crippen LogP contribution in [0.5, 0.6) is 5.75 Å². The van der Waals surface area contributed by atoms with Gasteiger partial charge in [-0.3, -0.25) is 0 Å². The van der Waals surface area contributed by atoms with Gasteiger partial charge in [-0.25, -0.2) is 4.79 Å². The smallest absolute Gasteiger partial charge is 0.329 e. The molecular weight excluding hydrogens is 318 g/mol. The summed E-state index contributed by atoms with van der Waals surface area (Å²) in [5.41, 5.74) is 2.33. The fraction of sp³-hybridized carbons (Fsp3) is 0.350. The first-order valence-electron chi connectivity index (χ1n) is 8.56. The minimum Gasteiger partial charge on any atom is -0.489 e. The van der Waals surface area contributed by atoms with Crippen LogP contribution in [-0.2, 0) is 16.0 Å². The number of ether oxygens (including phenoxy) is 2. The molecule has 25 heavy (non-hydrogen) atoms. The normalized spacial score (nSPS) is 16.8. The average molecular weight is 341 g/mol. The molecule has 2 aromatic carbocycles. The molecule has 0 radical (unpaired) electrons. The number of hydrogen-bond acceptors (Lipinski definition) is 4. The third kappa shape index (κ3) is 5.22. The van der Waals surface area contributed by atoms with E-state index in [0.717, 1.165) is 30.8 Å². The lowest BCUT2D eigenvalue weighted by Gasteiger charge is -2.19. The molecule has 132 valence electrons. The van der Waals surface area contributed by atoms with E-state index in [1.165, 1.54) is 5.69 Å². The predicted molar refractivity (Wildman–Crippen MR) is 96.3 cm³/mol.